The minimum Gasteiger partial charge on any atom is -0.448 e. The van der Waals surface area contributed by atoms with Crippen molar-refractivity contribution in [2.75, 3.05) is 18.9 Å². The molecule has 1 aromatic heterocycles. The number of carbonyl (C=O) groups is 3. The number of esters is 1. The highest BCUT2D eigenvalue weighted by Crippen LogP contribution is 2.30. The van der Waals surface area contributed by atoms with E-state index >= 15 is 0 Å². The van der Waals surface area contributed by atoms with Gasteiger partial charge in [-0.2, -0.15) is 0 Å². The van der Waals surface area contributed by atoms with Crippen LogP contribution in [0.1, 0.15) is 45.4 Å². The van der Waals surface area contributed by atoms with E-state index in [4.69, 9.17) is 4.74 Å². The van der Waals surface area contributed by atoms with Crippen molar-refractivity contribution in [2.45, 2.75) is 45.6 Å². The Labute approximate surface area is 174 Å². The van der Waals surface area contributed by atoms with Gasteiger partial charge in [-0.15, -0.1) is 11.3 Å². The van der Waals surface area contributed by atoms with Gasteiger partial charge in [-0.1, -0.05) is 17.7 Å². The van der Waals surface area contributed by atoms with Gasteiger partial charge in [0.2, 0.25) is 5.91 Å². The van der Waals surface area contributed by atoms with Crippen LogP contribution < -0.4 is 5.32 Å². The van der Waals surface area contributed by atoms with Crippen LogP contribution in [0, 0.1) is 6.92 Å². The Hall–Kier alpha value is -2.67. The van der Waals surface area contributed by atoms with Crippen molar-refractivity contribution >= 4 is 34.8 Å². The van der Waals surface area contributed by atoms with E-state index in [0.29, 0.717) is 10.6 Å². The number of hydrogen-bond donors (Lipinski definition) is 1. The molecule has 3 rings (SSSR count). The number of thiophene rings is 1. The molecule has 1 aliphatic rings. The smallest absolute Gasteiger partial charge is 0.349 e. The first-order valence-corrected chi connectivity index (χ1v) is 10.6. The maximum atomic E-state index is 12.5. The molecule has 2 aromatic rings. The maximum Gasteiger partial charge on any atom is 0.349 e. The Balaban J connectivity index is 1.51. The van der Waals surface area contributed by atoms with Gasteiger partial charge in [-0.05, 0) is 63.3 Å². The number of nitrogens with zero attached hydrogens (tertiary/aromatic N) is 1. The number of rotatable bonds is 6. The van der Waals surface area contributed by atoms with Crippen LogP contribution in [0.4, 0.5) is 5.69 Å². The zero-order chi connectivity index (χ0) is 21.0. The predicted octanol–water partition coefficient (Wildman–Crippen LogP) is 3.58. The van der Waals surface area contributed by atoms with Crippen molar-refractivity contribution in [1.29, 1.82) is 0 Å². The van der Waals surface area contributed by atoms with Crippen molar-refractivity contribution in [2.24, 2.45) is 0 Å². The number of likely N-dealkylation sites (N-methyl/N-ethyl adjacent to an activating group) is 1. The summed E-state index contributed by atoms with van der Waals surface area (Å²) in [7, 11) is 1.52. The van der Waals surface area contributed by atoms with E-state index in [2.05, 4.69) is 5.32 Å². The van der Waals surface area contributed by atoms with Crippen LogP contribution in [0.15, 0.2) is 30.3 Å². The predicted molar refractivity (Wildman–Crippen MR) is 113 cm³/mol. The quantitative estimate of drug-likeness (QED) is 0.733. The van der Waals surface area contributed by atoms with Gasteiger partial charge in [0, 0.05) is 17.6 Å². The van der Waals surface area contributed by atoms with Crippen molar-refractivity contribution in [3.8, 4) is 0 Å². The van der Waals surface area contributed by atoms with Gasteiger partial charge in [0.1, 0.15) is 4.88 Å². The van der Waals surface area contributed by atoms with E-state index < -0.39 is 18.0 Å². The van der Waals surface area contributed by atoms with Gasteiger partial charge in [-0.25, -0.2) is 4.79 Å². The van der Waals surface area contributed by atoms with Gasteiger partial charge >= 0.3 is 5.97 Å². The van der Waals surface area contributed by atoms with E-state index in [-0.39, 0.29) is 12.5 Å². The molecule has 1 heterocycles. The Morgan fingerprint density at radius 2 is 1.86 bits per heavy atom. The largest absolute Gasteiger partial charge is 0.448 e. The molecule has 2 amide bonds. The number of amides is 2. The number of anilines is 1. The summed E-state index contributed by atoms with van der Waals surface area (Å²) >= 11 is 1.45. The second kappa shape index (κ2) is 9.22. The van der Waals surface area contributed by atoms with E-state index in [1.165, 1.54) is 40.6 Å². The first-order chi connectivity index (χ1) is 13.8. The van der Waals surface area contributed by atoms with Crippen LogP contribution in [0.5, 0.6) is 0 Å². The summed E-state index contributed by atoms with van der Waals surface area (Å²) in [5.41, 5.74) is 2.98. The molecule has 0 unspecified atom stereocenters. The average Bonchev–Trinajstić information content (AvgIpc) is 3.13. The van der Waals surface area contributed by atoms with Gasteiger partial charge in [-0.3, -0.25) is 9.59 Å². The Morgan fingerprint density at radius 3 is 2.55 bits per heavy atom. The van der Waals surface area contributed by atoms with E-state index in [9.17, 15) is 14.4 Å². The van der Waals surface area contributed by atoms with Crippen LogP contribution >= 0.6 is 11.3 Å². The molecule has 6 nitrogen and oxygen atoms in total. The maximum absolute atomic E-state index is 12.5. The molecular weight excluding hydrogens is 388 g/mol. The minimum atomic E-state index is -0.959. The molecule has 0 bridgehead atoms. The lowest BCUT2D eigenvalue weighted by molar-refractivity contribution is -0.140. The molecule has 1 aliphatic carbocycles. The second-order valence-corrected chi connectivity index (χ2v) is 8.56. The Bertz CT molecular complexity index is 881. The third-order valence-corrected chi connectivity index (χ3v) is 6.14. The number of hydrogen-bond acceptors (Lipinski definition) is 5. The molecule has 1 atom stereocenters. The molecule has 0 spiro atoms. The molecule has 154 valence electrons. The molecule has 0 radical (unpaired) electrons. The fourth-order valence-corrected chi connectivity index (χ4v) is 4.44. The lowest BCUT2D eigenvalue weighted by atomic mass is 9.99. The summed E-state index contributed by atoms with van der Waals surface area (Å²) < 4.78 is 5.36. The SMILES string of the molecule is Cc1ccc(NC(=O)CN(C)C(=O)[C@H](C)OC(=O)c2cc3c(s2)CCCC3)cc1. The topological polar surface area (TPSA) is 75.7 Å². The summed E-state index contributed by atoms with van der Waals surface area (Å²) in [5, 5.41) is 2.75. The highest BCUT2D eigenvalue weighted by atomic mass is 32.1. The van der Waals surface area contributed by atoms with Crippen molar-refractivity contribution < 1.29 is 19.1 Å². The molecule has 7 heteroatoms. The molecule has 29 heavy (non-hydrogen) atoms. The normalized spacial score (nSPS) is 13.9. The van der Waals surface area contributed by atoms with Crippen LogP contribution in [0.2, 0.25) is 0 Å². The third kappa shape index (κ3) is 5.44. The zero-order valence-corrected chi connectivity index (χ0v) is 17.8. The van der Waals surface area contributed by atoms with Crippen molar-refractivity contribution in [1.82, 2.24) is 4.90 Å². The zero-order valence-electron chi connectivity index (χ0n) is 17.0. The molecule has 1 aromatic carbocycles. The molecule has 0 saturated carbocycles. The number of fused-ring (bicyclic) bond motifs is 1. The lowest BCUT2D eigenvalue weighted by Crippen LogP contribution is -2.41. The molecule has 1 N–H and O–H groups in total. The highest BCUT2D eigenvalue weighted by Gasteiger charge is 2.25. The summed E-state index contributed by atoms with van der Waals surface area (Å²) in [6.07, 6.45) is 3.32. The fraction of sp³-hybridized carbons (Fsp3) is 0.409. The van der Waals surface area contributed by atoms with Crippen molar-refractivity contribution in [3.05, 3.63) is 51.2 Å². The lowest BCUT2D eigenvalue weighted by Gasteiger charge is -2.21. The standard InChI is InChI=1S/C22H26N2O4S/c1-14-8-10-17(11-9-14)23-20(25)13-24(3)21(26)15(2)28-22(27)19-12-16-6-4-5-7-18(16)29-19/h8-12,15H,4-7,13H2,1-3H3,(H,23,25)/t15-/m0/s1. The minimum absolute atomic E-state index is 0.123. The summed E-state index contributed by atoms with van der Waals surface area (Å²) in [4.78, 5) is 40.2. The fourth-order valence-electron chi connectivity index (χ4n) is 3.30. The van der Waals surface area contributed by atoms with Crippen LogP contribution in [0.25, 0.3) is 0 Å². The number of benzene rings is 1. The van der Waals surface area contributed by atoms with Crippen molar-refractivity contribution in [3.63, 3.8) is 0 Å². The third-order valence-electron chi connectivity index (χ3n) is 4.92. The van der Waals surface area contributed by atoms with Crippen LogP contribution in [-0.2, 0) is 27.2 Å². The molecule has 0 fully saturated rings. The van der Waals surface area contributed by atoms with Gasteiger partial charge in [0.05, 0.1) is 6.54 Å². The first kappa shape index (κ1) is 21.0. The van der Waals surface area contributed by atoms with Gasteiger partial charge in [0.15, 0.2) is 6.10 Å². The number of nitrogens with one attached hydrogen (secondary N) is 1. The summed E-state index contributed by atoms with van der Waals surface area (Å²) in [6.45, 7) is 3.37. The monoisotopic (exact) mass is 414 g/mol. The molecule has 0 saturated heterocycles. The van der Waals surface area contributed by atoms with E-state index in [0.717, 1.165) is 31.2 Å². The number of aryl methyl sites for hydroxylation is 3. The van der Waals surface area contributed by atoms with Crippen LogP contribution in [-0.4, -0.2) is 42.4 Å². The van der Waals surface area contributed by atoms with E-state index in [1.807, 2.05) is 25.1 Å². The second-order valence-electron chi connectivity index (χ2n) is 7.42. The average molecular weight is 415 g/mol. The molecule has 0 aliphatic heterocycles. The van der Waals surface area contributed by atoms with Gasteiger partial charge < -0.3 is 15.0 Å². The molecular formula is C22H26N2O4S. The van der Waals surface area contributed by atoms with Crippen LogP contribution in [0.3, 0.4) is 0 Å². The van der Waals surface area contributed by atoms with Gasteiger partial charge in [0.25, 0.3) is 5.91 Å². The number of carbonyl (C=O) groups excluding carboxylic acids is 3. The summed E-state index contributed by atoms with van der Waals surface area (Å²) in [6, 6.07) is 9.29. The highest BCUT2D eigenvalue weighted by molar-refractivity contribution is 7.14. The number of ether oxygens (including phenoxy) is 1. The Kier molecular flexibility index (Phi) is 6.69. The first-order valence-electron chi connectivity index (χ1n) is 9.77. The summed E-state index contributed by atoms with van der Waals surface area (Å²) in [5.74, 6) is -1.21. The van der Waals surface area contributed by atoms with E-state index in [1.54, 1.807) is 12.1 Å². The Morgan fingerprint density at radius 1 is 1.17 bits per heavy atom.